The number of hydrogen-bond donors (Lipinski definition) is 3. The predicted molar refractivity (Wildman–Crippen MR) is 120 cm³/mol. The summed E-state index contributed by atoms with van der Waals surface area (Å²) >= 11 is 4.32. The normalized spacial score (nSPS) is 13.8. The van der Waals surface area contributed by atoms with Crippen molar-refractivity contribution in [3.8, 4) is 35.3 Å². The van der Waals surface area contributed by atoms with Crippen LogP contribution in [0.3, 0.4) is 0 Å². The van der Waals surface area contributed by atoms with Gasteiger partial charge in [0, 0.05) is 28.8 Å². The first-order chi connectivity index (χ1) is 15.4. The summed E-state index contributed by atoms with van der Waals surface area (Å²) in [7, 11) is 0. The summed E-state index contributed by atoms with van der Waals surface area (Å²) in [6, 6.07) is 16.6. The van der Waals surface area contributed by atoms with Gasteiger partial charge in [0.1, 0.15) is 23.0 Å². The minimum absolute atomic E-state index is 0.00190. The van der Waals surface area contributed by atoms with Crippen molar-refractivity contribution < 1.29 is 29.2 Å². The Bertz CT molecular complexity index is 1230. The lowest BCUT2D eigenvalue weighted by atomic mass is 9.77. The summed E-state index contributed by atoms with van der Waals surface area (Å²) in [6.45, 7) is 0.162. The molecule has 3 aromatic carbocycles. The molecular weight excluding hydrogens is 430 g/mol. The van der Waals surface area contributed by atoms with Crippen LogP contribution in [-0.4, -0.2) is 28.0 Å². The lowest BCUT2D eigenvalue weighted by molar-refractivity contribution is 0.0224. The van der Waals surface area contributed by atoms with E-state index in [-0.39, 0.29) is 23.3 Å². The van der Waals surface area contributed by atoms with Crippen LogP contribution in [0.2, 0.25) is 0 Å². The number of benzene rings is 3. The van der Waals surface area contributed by atoms with Crippen molar-refractivity contribution in [2.45, 2.75) is 5.60 Å². The molecule has 0 amide bonds. The van der Waals surface area contributed by atoms with E-state index in [0.717, 1.165) is 0 Å². The molecule has 0 unspecified atom stereocenters. The summed E-state index contributed by atoms with van der Waals surface area (Å²) < 4.78 is 16.2. The van der Waals surface area contributed by atoms with E-state index in [1.807, 2.05) is 12.1 Å². The highest BCUT2D eigenvalue weighted by Gasteiger charge is 2.53. The fourth-order valence-corrected chi connectivity index (χ4v) is 3.83. The Morgan fingerprint density at radius 1 is 1.03 bits per heavy atom. The molecule has 0 fully saturated rings. The molecule has 2 heterocycles. The predicted octanol–water partition coefficient (Wildman–Crippen LogP) is 3.55. The van der Waals surface area contributed by atoms with Crippen molar-refractivity contribution in [2.24, 2.45) is 5.73 Å². The molecule has 32 heavy (non-hydrogen) atoms. The number of carbonyl (C=O) groups excluding carboxylic acids is 1. The molecule has 1 spiro atoms. The van der Waals surface area contributed by atoms with Gasteiger partial charge in [0.2, 0.25) is 0 Å². The molecule has 8 heteroatoms. The summed E-state index contributed by atoms with van der Waals surface area (Å²) in [6.07, 6.45) is 4.79. The van der Waals surface area contributed by atoms with Crippen molar-refractivity contribution in [1.29, 1.82) is 0 Å². The summed E-state index contributed by atoms with van der Waals surface area (Å²) in [4.78, 5) is 12.5. The van der Waals surface area contributed by atoms with E-state index < -0.39 is 11.6 Å². The summed E-state index contributed by atoms with van der Waals surface area (Å²) in [5.74, 6) is 2.62. The highest BCUT2D eigenvalue weighted by Crippen LogP contribution is 2.56. The van der Waals surface area contributed by atoms with Gasteiger partial charge < -0.3 is 30.2 Å². The van der Waals surface area contributed by atoms with E-state index in [0.29, 0.717) is 33.8 Å². The molecule has 5 rings (SSSR count). The van der Waals surface area contributed by atoms with Crippen molar-refractivity contribution in [3.63, 3.8) is 0 Å². The molecule has 0 saturated heterocycles. The second-order valence-electron chi connectivity index (χ2n) is 6.89. The standard InChI is InChI=1S/C20H12O5.C4H5NOS/c21-11-5-7-15-17(9-11)24-18-10-12(22)6-8-16(18)20(15)14-4-2-1-3-13(14)19(23)25-20;1-2-3-6-4(5)7/h1-10,21-22H;1H,3H2,(H2,5,7). The van der Waals surface area contributed by atoms with Gasteiger partial charge in [-0.1, -0.05) is 24.1 Å². The third kappa shape index (κ3) is 3.45. The van der Waals surface area contributed by atoms with E-state index in [2.05, 4.69) is 22.9 Å². The topological polar surface area (TPSA) is 111 Å². The first-order valence-corrected chi connectivity index (χ1v) is 9.81. The van der Waals surface area contributed by atoms with Gasteiger partial charge in [-0.15, -0.1) is 6.42 Å². The van der Waals surface area contributed by atoms with Gasteiger partial charge in [-0.2, -0.15) is 0 Å². The number of esters is 1. The maximum Gasteiger partial charge on any atom is 0.340 e. The Morgan fingerprint density at radius 3 is 2.16 bits per heavy atom. The van der Waals surface area contributed by atoms with Crippen LogP contribution >= 0.6 is 12.2 Å². The second-order valence-corrected chi connectivity index (χ2v) is 7.29. The van der Waals surface area contributed by atoms with Crippen molar-refractivity contribution in [1.82, 2.24) is 0 Å². The van der Waals surface area contributed by atoms with E-state index in [1.54, 1.807) is 24.3 Å². The number of hydrogen-bond acceptors (Lipinski definition) is 7. The van der Waals surface area contributed by atoms with Crippen molar-refractivity contribution in [3.05, 3.63) is 82.9 Å². The zero-order valence-electron chi connectivity index (χ0n) is 16.6. The number of rotatable bonds is 1. The summed E-state index contributed by atoms with van der Waals surface area (Å²) in [5.41, 5.74) is 6.18. The van der Waals surface area contributed by atoms with Gasteiger partial charge >= 0.3 is 5.97 Å². The average Bonchev–Trinajstić information content (AvgIpc) is 3.05. The molecule has 0 atom stereocenters. The van der Waals surface area contributed by atoms with E-state index in [9.17, 15) is 15.0 Å². The van der Waals surface area contributed by atoms with E-state index in [1.165, 1.54) is 24.3 Å². The largest absolute Gasteiger partial charge is 0.508 e. The Hall–Kier alpha value is -4.22. The van der Waals surface area contributed by atoms with Crippen LogP contribution in [0.15, 0.2) is 60.7 Å². The highest BCUT2D eigenvalue weighted by atomic mass is 32.1. The number of phenolic OH excluding ortho intramolecular Hbond substituents is 2. The lowest BCUT2D eigenvalue weighted by Crippen LogP contribution is -2.32. The zero-order chi connectivity index (χ0) is 22.9. The van der Waals surface area contributed by atoms with Crippen molar-refractivity contribution in [2.75, 3.05) is 6.61 Å². The first-order valence-electron chi connectivity index (χ1n) is 9.40. The van der Waals surface area contributed by atoms with Crippen LogP contribution in [0.4, 0.5) is 0 Å². The minimum Gasteiger partial charge on any atom is -0.508 e. The number of ether oxygens (including phenoxy) is 3. The van der Waals surface area contributed by atoms with Gasteiger partial charge in [0.15, 0.2) is 12.2 Å². The zero-order valence-corrected chi connectivity index (χ0v) is 17.4. The lowest BCUT2D eigenvalue weighted by Gasteiger charge is -2.36. The number of thiocarbonyl (C=S) groups is 1. The molecule has 0 radical (unpaired) electrons. The molecule has 0 aliphatic carbocycles. The Labute approximate surface area is 189 Å². The Kier molecular flexibility index (Phi) is 5.34. The Morgan fingerprint density at radius 2 is 1.62 bits per heavy atom. The number of terminal acetylenes is 1. The number of aromatic hydroxyl groups is 2. The molecule has 2 aliphatic rings. The molecule has 0 aromatic heterocycles. The molecule has 0 saturated carbocycles. The molecule has 160 valence electrons. The number of fused-ring (bicyclic) bond motifs is 6. The molecule has 3 aromatic rings. The van der Waals surface area contributed by atoms with Crippen LogP contribution in [0.25, 0.3) is 0 Å². The molecular formula is C24H17NO6S. The third-order valence-corrected chi connectivity index (χ3v) is 5.10. The highest BCUT2D eigenvalue weighted by molar-refractivity contribution is 7.80. The Balaban J connectivity index is 0.000000307. The summed E-state index contributed by atoms with van der Waals surface area (Å²) in [5, 5.41) is 19.7. The fourth-order valence-electron chi connectivity index (χ4n) is 3.77. The average molecular weight is 447 g/mol. The minimum atomic E-state index is -1.17. The van der Waals surface area contributed by atoms with Crippen LogP contribution < -0.4 is 10.5 Å². The van der Waals surface area contributed by atoms with Gasteiger partial charge in [-0.25, -0.2) is 4.79 Å². The number of phenols is 2. The van der Waals surface area contributed by atoms with Gasteiger partial charge in [-0.05, 0) is 42.5 Å². The van der Waals surface area contributed by atoms with E-state index in [4.69, 9.17) is 21.6 Å². The maximum atomic E-state index is 12.5. The van der Waals surface area contributed by atoms with Crippen LogP contribution in [0.5, 0.6) is 23.0 Å². The second kappa shape index (κ2) is 8.13. The first kappa shape index (κ1) is 21.0. The maximum absolute atomic E-state index is 12.5. The quantitative estimate of drug-likeness (QED) is 0.295. The fraction of sp³-hybridized carbons (Fsp3) is 0.0833. The molecule has 2 aliphatic heterocycles. The molecule has 7 nitrogen and oxygen atoms in total. The van der Waals surface area contributed by atoms with Crippen molar-refractivity contribution >= 4 is 23.4 Å². The SMILES string of the molecule is C#CCOC(N)=S.O=C1OC2(c3ccc(O)cc3Oc3cc(O)ccc32)c2ccccc21. The van der Waals surface area contributed by atoms with Gasteiger partial charge in [-0.3, -0.25) is 0 Å². The van der Waals surface area contributed by atoms with Gasteiger partial charge in [0.25, 0.3) is 5.17 Å². The van der Waals surface area contributed by atoms with Gasteiger partial charge in [0.05, 0.1) is 5.56 Å². The monoisotopic (exact) mass is 447 g/mol. The molecule has 4 N–H and O–H groups in total. The van der Waals surface area contributed by atoms with Crippen LogP contribution in [0, 0.1) is 12.3 Å². The third-order valence-electron chi connectivity index (χ3n) is 4.98. The van der Waals surface area contributed by atoms with E-state index >= 15 is 0 Å². The van der Waals surface area contributed by atoms with Crippen LogP contribution in [-0.2, 0) is 15.1 Å². The molecule has 0 bridgehead atoms. The smallest absolute Gasteiger partial charge is 0.340 e. The number of carbonyl (C=O) groups is 1. The number of nitrogens with two attached hydrogens (primary N) is 1. The van der Waals surface area contributed by atoms with Crippen LogP contribution in [0.1, 0.15) is 27.0 Å².